The average Bonchev–Trinajstić information content (AvgIpc) is 2.39. The Kier molecular flexibility index (Phi) is 9.12. The zero-order valence-electron chi connectivity index (χ0n) is 11.8. The van der Waals surface area contributed by atoms with Gasteiger partial charge < -0.3 is 15.8 Å². The van der Waals surface area contributed by atoms with Crippen molar-refractivity contribution in [2.75, 3.05) is 7.11 Å². The lowest BCUT2D eigenvalue weighted by Crippen LogP contribution is -2.40. The quantitative estimate of drug-likeness (QED) is 0.811. The number of hydrogen-bond acceptors (Lipinski definition) is 3. The van der Waals surface area contributed by atoms with E-state index in [4.69, 9.17) is 10.5 Å². The first kappa shape index (κ1) is 18.8. The Labute approximate surface area is 125 Å². The van der Waals surface area contributed by atoms with E-state index in [0.717, 1.165) is 12.0 Å². The lowest BCUT2D eigenvalue weighted by Gasteiger charge is -2.12. The predicted molar refractivity (Wildman–Crippen MR) is 79.1 cm³/mol. The Morgan fingerprint density at radius 1 is 1.50 bits per heavy atom. The summed E-state index contributed by atoms with van der Waals surface area (Å²) in [5.41, 5.74) is 7.00. The van der Waals surface area contributed by atoms with Crippen LogP contribution in [0.2, 0.25) is 0 Å². The minimum Gasteiger partial charge on any atom is -0.380 e. The van der Waals surface area contributed by atoms with Gasteiger partial charge in [-0.15, -0.1) is 12.4 Å². The van der Waals surface area contributed by atoms with Crippen molar-refractivity contribution in [3.05, 3.63) is 35.1 Å². The van der Waals surface area contributed by atoms with Gasteiger partial charge in [0.1, 0.15) is 5.82 Å². The van der Waals surface area contributed by atoms with Crippen molar-refractivity contribution in [3.63, 3.8) is 0 Å². The second-order valence-corrected chi connectivity index (χ2v) is 4.47. The van der Waals surface area contributed by atoms with Crippen LogP contribution in [-0.4, -0.2) is 19.1 Å². The summed E-state index contributed by atoms with van der Waals surface area (Å²) in [5, 5.41) is 2.75. The number of hydrogen-bond donors (Lipinski definition) is 2. The molecule has 1 unspecified atom stereocenters. The van der Waals surface area contributed by atoms with Crippen LogP contribution in [0, 0.1) is 5.82 Å². The summed E-state index contributed by atoms with van der Waals surface area (Å²) in [6, 6.07) is 4.22. The Hall–Kier alpha value is -1.17. The Morgan fingerprint density at radius 3 is 2.80 bits per heavy atom. The second-order valence-electron chi connectivity index (χ2n) is 4.47. The van der Waals surface area contributed by atoms with Gasteiger partial charge in [0, 0.05) is 19.2 Å². The van der Waals surface area contributed by atoms with Gasteiger partial charge in [0.2, 0.25) is 5.91 Å². The first-order valence-corrected chi connectivity index (χ1v) is 6.38. The van der Waals surface area contributed by atoms with Gasteiger partial charge in [0.15, 0.2) is 0 Å². The van der Waals surface area contributed by atoms with E-state index in [1.165, 1.54) is 13.2 Å². The average molecular weight is 305 g/mol. The van der Waals surface area contributed by atoms with Gasteiger partial charge in [-0.3, -0.25) is 4.79 Å². The monoisotopic (exact) mass is 304 g/mol. The van der Waals surface area contributed by atoms with Gasteiger partial charge in [0.25, 0.3) is 0 Å². The topological polar surface area (TPSA) is 64.4 Å². The molecule has 1 amide bonds. The molecule has 0 spiro atoms. The first-order chi connectivity index (χ1) is 9.08. The van der Waals surface area contributed by atoms with Gasteiger partial charge in [-0.1, -0.05) is 19.4 Å². The van der Waals surface area contributed by atoms with Gasteiger partial charge >= 0.3 is 0 Å². The molecule has 0 aliphatic rings. The summed E-state index contributed by atoms with van der Waals surface area (Å²) in [4.78, 5) is 11.6. The molecule has 20 heavy (non-hydrogen) atoms. The largest absolute Gasteiger partial charge is 0.380 e. The van der Waals surface area contributed by atoms with Crippen LogP contribution < -0.4 is 11.1 Å². The van der Waals surface area contributed by atoms with Crippen molar-refractivity contribution >= 4 is 18.3 Å². The van der Waals surface area contributed by atoms with Crippen molar-refractivity contribution in [1.29, 1.82) is 0 Å². The number of carbonyl (C=O) groups excluding carboxylic acids is 1. The molecule has 1 aromatic carbocycles. The third-order valence-corrected chi connectivity index (χ3v) is 2.81. The molecule has 6 heteroatoms. The maximum absolute atomic E-state index is 13.4. The molecule has 0 aliphatic heterocycles. The highest BCUT2D eigenvalue weighted by Crippen LogP contribution is 2.11. The van der Waals surface area contributed by atoms with Gasteiger partial charge in [-0.25, -0.2) is 4.39 Å². The fraction of sp³-hybridized carbons (Fsp3) is 0.500. The number of benzene rings is 1. The molecule has 0 bridgehead atoms. The van der Waals surface area contributed by atoms with Crippen molar-refractivity contribution in [2.24, 2.45) is 5.73 Å². The van der Waals surface area contributed by atoms with E-state index in [2.05, 4.69) is 5.32 Å². The van der Waals surface area contributed by atoms with Crippen LogP contribution in [0.25, 0.3) is 0 Å². The smallest absolute Gasteiger partial charge is 0.237 e. The summed E-state index contributed by atoms with van der Waals surface area (Å²) in [6.07, 6.45) is 1.52. The Bertz CT molecular complexity index is 430. The third kappa shape index (κ3) is 5.86. The standard InChI is InChI=1S/C14H21FN2O2.ClH/c1-3-4-13(16)14(18)17-8-10-5-6-12(15)11(7-10)9-19-2;/h5-7,13H,3-4,8-9,16H2,1-2H3,(H,17,18);1H. The van der Waals surface area contributed by atoms with Crippen LogP contribution in [0.4, 0.5) is 4.39 Å². The van der Waals surface area contributed by atoms with Crippen LogP contribution in [0.3, 0.4) is 0 Å². The maximum Gasteiger partial charge on any atom is 0.237 e. The summed E-state index contributed by atoms with van der Waals surface area (Å²) in [6.45, 7) is 2.53. The zero-order valence-corrected chi connectivity index (χ0v) is 12.6. The SMILES string of the molecule is CCCC(N)C(=O)NCc1ccc(F)c(COC)c1.Cl. The molecule has 1 atom stereocenters. The summed E-state index contributed by atoms with van der Waals surface area (Å²) in [5.74, 6) is -0.487. The van der Waals surface area contributed by atoms with E-state index in [9.17, 15) is 9.18 Å². The Balaban J connectivity index is 0.00000361. The van der Waals surface area contributed by atoms with Crippen LogP contribution in [0.15, 0.2) is 18.2 Å². The van der Waals surface area contributed by atoms with Gasteiger partial charge in [-0.2, -0.15) is 0 Å². The lowest BCUT2D eigenvalue weighted by molar-refractivity contribution is -0.122. The Morgan fingerprint density at radius 2 is 2.20 bits per heavy atom. The molecule has 0 radical (unpaired) electrons. The third-order valence-electron chi connectivity index (χ3n) is 2.81. The minimum atomic E-state index is -0.483. The fourth-order valence-electron chi connectivity index (χ4n) is 1.77. The van der Waals surface area contributed by atoms with E-state index in [1.54, 1.807) is 12.1 Å². The van der Waals surface area contributed by atoms with E-state index < -0.39 is 6.04 Å². The maximum atomic E-state index is 13.4. The molecule has 4 nitrogen and oxygen atoms in total. The van der Waals surface area contributed by atoms with Crippen molar-refractivity contribution in [2.45, 2.75) is 39.0 Å². The molecule has 0 fully saturated rings. The molecule has 0 saturated carbocycles. The molecule has 0 heterocycles. The van der Waals surface area contributed by atoms with Gasteiger partial charge in [-0.05, 0) is 24.1 Å². The summed E-state index contributed by atoms with van der Waals surface area (Å²) in [7, 11) is 1.51. The van der Waals surface area contributed by atoms with Crippen LogP contribution >= 0.6 is 12.4 Å². The number of rotatable bonds is 7. The molecular weight excluding hydrogens is 283 g/mol. The van der Waals surface area contributed by atoms with Gasteiger partial charge in [0.05, 0.1) is 12.6 Å². The van der Waals surface area contributed by atoms with Crippen LogP contribution in [-0.2, 0) is 22.7 Å². The van der Waals surface area contributed by atoms with E-state index >= 15 is 0 Å². The molecule has 0 saturated heterocycles. The molecule has 1 rings (SSSR count). The number of halogens is 2. The summed E-state index contributed by atoms with van der Waals surface area (Å²) >= 11 is 0. The molecule has 0 aliphatic carbocycles. The number of carbonyl (C=O) groups is 1. The first-order valence-electron chi connectivity index (χ1n) is 6.38. The molecule has 0 aromatic heterocycles. The summed E-state index contributed by atoms with van der Waals surface area (Å²) < 4.78 is 18.3. The number of nitrogens with two attached hydrogens (primary N) is 1. The van der Waals surface area contributed by atoms with E-state index in [1.807, 2.05) is 6.92 Å². The highest BCUT2D eigenvalue weighted by Gasteiger charge is 2.11. The highest BCUT2D eigenvalue weighted by molar-refractivity contribution is 5.85. The number of amides is 1. The number of ether oxygens (including phenoxy) is 1. The van der Waals surface area contributed by atoms with Crippen molar-refractivity contribution in [3.8, 4) is 0 Å². The normalized spacial score (nSPS) is 11.6. The highest BCUT2D eigenvalue weighted by atomic mass is 35.5. The van der Waals surface area contributed by atoms with Crippen LogP contribution in [0.1, 0.15) is 30.9 Å². The number of methoxy groups -OCH3 is 1. The second kappa shape index (κ2) is 9.69. The minimum absolute atomic E-state index is 0. The number of nitrogens with one attached hydrogen (secondary N) is 1. The molecule has 3 N–H and O–H groups in total. The van der Waals surface area contributed by atoms with E-state index in [0.29, 0.717) is 18.5 Å². The predicted octanol–water partition coefficient (Wildman–Crippen LogP) is 2.14. The molecular formula is C14H22ClFN2O2. The van der Waals surface area contributed by atoms with Crippen molar-refractivity contribution < 1.29 is 13.9 Å². The molecule has 114 valence electrons. The van der Waals surface area contributed by atoms with Crippen LogP contribution in [0.5, 0.6) is 0 Å². The fourth-order valence-corrected chi connectivity index (χ4v) is 1.77. The van der Waals surface area contributed by atoms with E-state index in [-0.39, 0.29) is 30.7 Å². The molecule has 1 aromatic rings. The van der Waals surface area contributed by atoms with Crippen molar-refractivity contribution in [1.82, 2.24) is 5.32 Å². The lowest BCUT2D eigenvalue weighted by atomic mass is 10.1. The zero-order chi connectivity index (χ0) is 14.3.